The molecule has 2 heteroatoms. The van der Waals surface area contributed by atoms with Crippen LogP contribution >= 0.6 is 0 Å². The Kier molecular flexibility index (Phi) is 3.61. The number of carbonyl (C=O) groups is 1. The number of hydrogen-bond acceptors (Lipinski definition) is 2. The van der Waals surface area contributed by atoms with E-state index in [-0.39, 0.29) is 11.5 Å². The largest absolute Gasteiger partial charge is 0.392 e. The Hall–Kier alpha value is -0.890. The third kappa shape index (κ3) is 2.06. The van der Waals surface area contributed by atoms with Gasteiger partial charge in [-0.3, -0.25) is 4.79 Å². The monoisotopic (exact) mass is 314 g/mol. The van der Waals surface area contributed by atoms with E-state index in [2.05, 4.69) is 20.8 Å². The molecule has 2 saturated carbocycles. The van der Waals surface area contributed by atoms with Gasteiger partial charge < -0.3 is 5.11 Å². The molecule has 0 saturated heterocycles. The summed E-state index contributed by atoms with van der Waals surface area (Å²) >= 11 is 0. The van der Waals surface area contributed by atoms with Crippen LogP contribution in [0.4, 0.5) is 0 Å². The predicted molar refractivity (Wildman–Crippen MR) is 91.9 cm³/mol. The van der Waals surface area contributed by atoms with Gasteiger partial charge >= 0.3 is 0 Å². The maximum absolute atomic E-state index is 11.8. The lowest BCUT2D eigenvalue weighted by molar-refractivity contribution is -0.115. The van der Waals surface area contributed by atoms with Gasteiger partial charge in [-0.05, 0) is 75.2 Å². The lowest BCUT2D eigenvalue weighted by Crippen LogP contribution is -2.48. The van der Waals surface area contributed by atoms with Crippen molar-refractivity contribution in [3.05, 3.63) is 22.8 Å². The summed E-state index contributed by atoms with van der Waals surface area (Å²) in [5.41, 5.74) is 4.61. The van der Waals surface area contributed by atoms with E-state index in [0.717, 1.165) is 38.5 Å². The third-order valence-electron chi connectivity index (χ3n) is 7.69. The van der Waals surface area contributed by atoms with E-state index in [1.807, 2.05) is 6.08 Å². The minimum Gasteiger partial charge on any atom is -0.392 e. The van der Waals surface area contributed by atoms with Crippen LogP contribution in [0.1, 0.15) is 65.7 Å². The second-order valence-electron chi connectivity index (χ2n) is 8.66. The van der Waals surface area contributed by atoms with Crippen molar-refractivity contribution in [2.75, 3.05) is 0 Å². The maximum atomic E-state index is 11.8. The number of ketones is 1. The van der Waals surface area contributed by atoms with Crippen molar-refractivity contribution in [2.45, 2.75) is 71.8 Å². The van der Waals surface area contributed by atoms with Crippen molar-refractivity contribution in [3.63, 3.8) is 0 Å². The average Bonchev–Trinajstić information content (AvgIpc) is 2.78. The summed E-state index contributed by atoms with van der Waals surface area (Å²) in [6.45, 7) is 6.91. The van der Waals surface area contributed by atoms with Crippen LogP contribution in [0, 0.1) is 29.1 Å². The molecule has 4 aliphatic carbocycles. The van der Waals surface area contributed by atoms with Gasteiger partial charge in [0.05, 0.1) is 6.10 Å². The molecule has 4 aliphatic rings. The van der Waals surface area contributed by atoms with Gasteiger partial charge in [-0.15, -0.1) is 0 Å². The number of allylic oxidation sites excluding steroid dienone is 2. The highest BCUT2D eigenvalue weighted by molar-refractivity contribution is 5.91. The average molecular weight is 314 g/mol. The Morgan fingerprint density at radius 1 is 1.30 bits per heavy atom. The zero-order chi connectivity index (χ0) is 16.4. The molecule has 4 rings (SSSR count). The number of carbonyl (C=O) groups excluding carboxylic acids is 1. The standard InChI is InChI=1S/C21H30O2/c1-4-21-8-7-17-16-6-5-15(22)11-14(16)9-12(2)19(17)20(21)13(3)10-18(21)23/h11-12,16-19,23H,4-10H2,1-3H3/t12-,16+,17-,18+,19-,21?/m1/s1. The highest BCUT2D eigenvalue weighted by Gasteiger charge is 2.56. The van der Waals surface area contributed by atoms with Crippen LogP contribution in [-0.2, 0) is 4.79 Å². The predicted octanol–water partition coefficient (Wildman–Crippen LogP) is 4.44. The van der Waals surface area contributed by atoms with Crippen molar-refractivity contribution in [2.24, 2.45) is 29.1 Å². The fraction of sp³-hybridized carbons (Fsp3) is 0.762. The zero-order valence-electron chi connectivity index (χ0n) is 14.8. The second-order valence-corrected chi connectivity index (χ2v) is 8.66. The van der Waals surface area contributed by atoms with Crippen LogP contribution in [0.25, 0.3) is 0 Å². The summed E-state index contributed by atoms with van der Waals surface area (Å²) in [5.74, 6) is 2.91. The number of rotatable bonds is 1. The van der Waals surface area contributed by atoms with Crippen molar-refractivity contribution >= 4 is 5.78 Å². The maximum Gasteiger partial charge on any atom is 0.155 e. The minimum absolute atomic E-state index is 0.0607. The van der Waals surface area contributed by atoms with E-state index in [9.17, 15) is 9.90 Å². The van der Waals surface area contributed by atoms with Crippen LogP contribution in [0.2, 0.25) is 0 Å². The molecule has 126 valence electrons. The van der Waals surface area contributed by atoms with E-state index in [1.54, 1.807) is 5.57 Å². The van der Waals surface area contributed by atoms with Gasteiger partial charge in [0.1, 0.15) is 0 Å². The van der Waals surface area contributed by atoms with Crippen LogP contribution < -0.4 is 0 Å². The molecule has 0 bridgehead atoms. The fourth-order valence-electron chi connectivity index (χ4n) is 6.76. The molecular formula is C21H30O2. The summed E-state index contributed by atoms with van der Waals surface area (Å²) in [4.78, 5) is 11.8. The molecule has 0 aromatic carbocycles. The number of aliphatic hydroxyl groups excluding tert-OH is 1. The van der Waals surface area contributed by atoms with Crippen LogP contribution in [0.3, 0.4) is 0 Å². The summed E-state index contributed by atoms with van der Waals surface area (Å²) < 4.78 is 0. The lowest BCUT2D eigenvalue weighted by Gasteiger charge is -2.54. The first-order chi connectivity index (χ1) is 11.0. The topological polar surface area (TPSA) is 37.3 Å². The van der Waals surface area contributed by atoms with Gasteiger partial charge in [0.15, 0.2) is 5.78 Å². The smallest absolute Gasteiger partial charge is 0.155 e. The van der Waals surface area contributed by atoms with Crippen LogP contribution in [0.15, 0.2) is 22.8 Å². The minimum atomic E-state index is -0.166. The first-order valence-electron chi connectivity index (χ1n) is 9.59. The van der Waals surface area contributed by atoms with E-state index in [0.29, 0.717) is 29.5 Å². The second kappa shape index (κ2) is 5.31. The Labute approximate surface area is 140 Å². The molecule has 0 aliphatic heterocycles. The molecule has 0 spiro atoms. The number of fused-ring (bicyclic) bond motifs is 5. The molecule has 2 nitrogen and oxygen atoms in total. The van der Waals surface area contributed by atoms with Crippen LogP contribution in [0.5, 0.6) is 0 Å². The SMILES string of the molecule is CCC12CC[C@H]3[C@H](C1=C(C)C[C@@H]2O)[C@H](C)CC1=CC(=O)CC[C@@H]13. The third-order valence-corrected chi connectivity index (χ3v) is 7.69. The van der Waals surface area contributed by atoms with Gasteiger partial charge in [0, 0.05) is 11.8 Å². The number of hydrogen-bond donors (Lipinski definition) is 1. The molecule has 23 heavy (non-hydrogen) atoms. The van der Waals surface area contributed by atoms with Crippen molar-refractivity contribution < 1.29 is 9.90 Å². The lowest BCUT2D eigenvalue weighted by atomic mass is 9.50. The van der Waals surface area contributed by atoms with Crippen molar-refractivity contribution in [3.8, 4) is 0 Å². The van der Waals surface area contributed by atoms with E-state index >= 15 is 0 Å². The van der Waals surface area contributed by atoms with Crippen molar-refractivity contribution in [1.29, 1.82) is 0 Å². The number of aliphatic hydroxyl groups is 1. The molecule has 0 heterocycles. The van der Waals surface area contributed by atoms with Gasteiger partial charge in [0.25, 0.3) is 0 Å². The summed E-state index contributed by atoms with van der Waals surface area (Å²) in [6.07, 6.45) is 9.03. The quantitative estimate of drug-likeness (QED) is 0.727. The highest BCUT2D eigenvalue weighted by atomic mass is 16.3. The normalized spacial score (nSPS) is 46.2. The molecule has 1 unspecified atom stereocenters. The molecule has 0 amide bonds. The summed E-state index contributed by atoms with van der Waals surface area (Å²) in [6, 6.07) is 0. The van der Waals surface area contributed by atoms with E-state index < -0.39 is 0 Å². The summed E-state index contributed by atoms with van der Waals surface area (Å²) in [7, 11) is 0. The zero-order valence-corrected chi connectivity index (χ0v) is 14.8. The molecule has 6 atom stereocenters. The molecule has 0 aromatic heterocycles. The van der Waals surface area contributed by atoms with Crippen LogP contribution in [-0.4, -0.2) is 17.0 Å². The van der Waals surface area contributed by atoms with Gasteiger partial charge in [-0.1, -0.05) is 30.6 Å². The van der Waals surface area contributed by atoms with E-state index in [4.69, 9.17) is 0 Å². The Balaban J connectivity index is 1.76. The molecule has 2 fully saturated rings. The molecule has 1 N–H and O–H groups in total. The molecular weight excluding hydrogens is 284 g/mol. The van der Waals surface area contributed by atoms with Gasteiger partial charge in [-0.25, -0.2) is 0 Å². The Morgan fingerprint density at radius 2 is 2.09 bits per heavy atom. The highest BCUT2D eigenvalue weighted by Crippen LogP contribution is 2.63. The Morgan fingerprint density at radius 3 is 2.83 bits per heavy atom. The molecule has 0 radical (unpaired) electrons. The van der Waals surface area contributed by atoms with Gasteiger partial charge in [0.2, 0.25) is 0 Å². The van der Waals surface area contributed by atoms with Gasteiger partial charge in [-0.2, -0.15) is 0 Å². The van der Waals surface area contributed by atoms with E-state index in [1.165, 1.54) is 17.6 Å². The first kappa shape index (κ1) is 15.6. The summed E-state index contributed by atoms with van der Waals surface area (Å²) in [5, 5.41) is 10.8. The van der Waals surface area contributed by atoms with Crippen molar-refractivity contribution in [1.82, 2.24) is 0 Å². The first-order valence-corrected chi connectivity index (χ1v) is 9.59. The molecule has 0 aromatic rings. The fourth-order valence-corrected chi connectivity index (χ4v) is 6.76. The Bertz CT molecular complexity index is 599.